The SMILES string of the molecule is CC(CC(=O)NCCCOc1cccc2cccnc12)c1ccc(F)cc1. The minimum absolute atomic E-state index is 0.0151. The lowest BCUT2D eigenvalue weighted by Crippen LogP contribution is -2.26. The number of benzene rings is 2. The molecule has 0 saturated carbocycles. The molecule has 1 atom stereocenters. The molecule has 1 amide bonds. The third-order valence-corrected chi connectivity index (χ3v) is 4.43. The van der Waals surface area contributed by atoms with E-state index in [0.29, 0.717) is 26.0 Å². The number of nitrogens with zero attached hydrogens (tertiary/aromatic N) is 1. The molecule has 0 aliphatic heterocycles. The smallest absolute Gasteiger partial charge is 0.220 e. The van der Waals surface area contributed by atoms with E-state index in [1.54, 1.807) is 18.3 Å². The number of hydrogen-bond acceptors (Lipinski definition) is 3. The van der Waals surface area contributed by atoms with Crippen LogP contribution in [-0.4, -0.2) is 24.0 Å². The number of amides is 1. The fourth-order valence-electron chi connectivity index (χ4n) is 2.93. The van der Waals surface area contributed by atoms with E-state index >= 15 is 0 Å². The number of ether oxygens (including phenoxy) is 1. The molecular formula is C22H23FN2O2. The molecule has 1 heterocycles. The lowest BCUT2D eigenvalue weighted by Gasteiger charge is -2.12. The van der Waals surface area contributed by atoms with Gasteiger partial charge in [0.2, 0.25) is 5.91 Å². The van der Waals surface area contributed by atoms with Crippen molar-refractivity contribution in [1.29, 1.82) is 0 Å². The number of halogens is 1. The van der Waals surface area contributed by atoms with Gasteiger partial charge in [0.05, 0.1) is 6.61 Å². The van der Waals surface area contributed by atoms with E-state index in [4.69, 9.17) is 4.74 Å². The van der Waals surface area contributed by atoms with Crippen LogP contribution in [-0.2, 0) is 4.79 Å². The Balaban J connectivity index is 1.39. The number of nitrogens with one attached hydrogen (secondary N) is 1. The summed E-state index contributed by atoms with van der Waals surface area (Å²) in [6.45, 7) is 3.01. The molecule has 27 heavy (non-hydrogen) atoms. The van der Waals surface area contributed by atoms with Crippen molar-refractivity contribution in [3.05, 3.63) is 72.2 Å². The van der Waals surface area contributed by atoms with E-state index < -0.39 is 0 Å². The minimum atomic E-state index is -0.267. The molecule has 0 saturated heterocycles. The van der Waals surface area contributed by atoms with Crippen LogP contribution in [0.4, 0.5) is 4.39 Å². The number of carbonyl (C=O) groups excluding carboxylic acids is 1. The Kier molecular flexibility index (Phi) is 6.36. The van der Waals surface area contributed by atoms with Gasteiger partial charge in [0.25, 0.3) is 0 Å². The molecule has 2 aromatic carbocycles. The summed E-state index contributed by atoms with van der Waals surface area (Å²) in [5.74, 6) is 0.517. The first-order valence-corrected chi connectivity index (χ1v) is 9.12. The molecule has 0 spiro atoms. The molecule has 3 rings (SSSR count). The van der Waals surface area contributed by atoms with Gasteiger partial charge in [-0.1, -0.05) is 37.3 Å². The van der Waals surface area contributed by atoms with Crippen LogP contribution < -0.4 is 10.1 Å². The largest absolute Gasteiger partial charge is 0.491 e. The van der Waals surface area contributed by atoms with Crippen molar-refractivity contribution >= 4 is 16.8 Å². The molecule has 140 valence electrons. The van der Waals surface area contributed by atoms with Gasteiger partial charge in [-0.25, -0.2) is 4.39 Å². The van der Waals surface area contributed by atoms with Crippen molar-refractivity contribution in [2.75, 3.05) is 13.2 Å². The van der Waals surface area contributed by atoms with E-state index in [1.165, 1.54) is 12.1 Å². The molecule has 0 aliphatic carbocycles. The van der Waals surface area contributed by atoms with Crippen molar-refractivity contribution in [2.24, 2.45) is 0 Å². The summed E-state index contributed by atoms with van der Waals surface area (Å²) >= 11 is 0. The van der Waals surface area contributed by atoms with Gasteiger partial charge >= 0.3 is 0 Å². The molecule has 1 aromatic heterocycles. The van der Waals surface area contributed by atoms with E-state index in [9.17, 15) is 9.18 Å². The van der Waals surface area contributed by atoms with Gasteiger partial charge in [-0.05, 0) is 42.2 Å². The monoisotopic (exact) mass is 366 g/mol. The van der Waals surface area contributed by atoms with Crippen molar-refractivity contribution in [3.63, 3.8) is 0 Å². The number of fused-ring (bicyclic) bond motifs is 1. The van der Waals surface area contributed by atoms with Gasteiger partial charge in [0, 0.05) is 24.5 Å². The number of pyridine rings is 1. The van der Waals surface area contributed by atoms with Crippen molar-refractivity contribution < 1.29 is 13.9 Å². The van der Waals surface area contributed by atoms with Gasteiger partial charge in [-0.2, -0.15) is 0 Å². The Hall–Kier alpha value is -2.95. The maximum atomic E-state index is 13.0. The number of hydrogen-bond donors (Lipinski definition) is 1. The molecule has 3 aromatic rings. The molecule has 0 fully saturated rings. The Bertz CT molecular complexity index is 891. The Labute approximate surface area is 158 Å². The molecule has 0 bridgehead atoms. The van der Waals surface area contributed by atoms with Gasteiger partial charge in [0.1, 0.15) is 17.1 Å². The zero-order valence-electron chi connectivity index (χ0n) is 15.3. The molecule has 5 heteroatoms. The Morgan fingerprint density at radius 3 is 2.74 bits per heavy atom. The number of para-hydroxylation sites is 1. The normalized spacial score (nSPS) is 11.9. The molecule has 0 radical (unpaired) electrons. The van der Waals surface area contributed by atoms with Crippen LogP contribution in [0.5, 0.6) is 5.75 Å². The van der Waals surface area contributed by atoms with Gasteiger partial charge in [-0.15, -0.1) is 0 Å². The second-order valence-corrected chi connectivity index (χ2v) is 6.54. The van der Waals surface area contributed by atoms with Crippen LogP contribution in [0.1, 0.15) is 31.2 Å². The van der Waals surface area contributed by atoms with Crippen molar-refractivity contribution in [1.82, 2.24) is 10.3 Å². The third kappa shape index (κ3) is 5.26. The van der Waals surface area contributed by atoms with Crippen LogP contribution in [0, 0.1) is 5.82 Å². The van der Waals surface area contributed by atoms with Crippen molar-refractivity contribution in [3.8, 4) is 5.75 Å². The van der Waals surface area contributed by atoms with Crippen LogP contribution in [0.3, 0.4) is 0 Å². The highest BCUT2D eigenvalue weighted by atomic mass is 19.1. The second kappa shape index (κ2) is 9.12. The molecule has 0 aliphatic rings. The van der Waals surface area contributed by atoms with E-state index in [2.05, 4.69) is 10.3 Å². The fraction of sp³-hybridized carbons (Fsp3) is 0.273. The first-order chi connectivity index (χ1) is 13.1. The summed E-state index contributed by atoms with van der Waals surface area (Å²) in [5, 5.41) is 3.95. The second-order valence-electron chi connectivity index (χ2n) is 6.54. The Morgan fingerprint density at radius 1 is 1.15 bits per heavy atom. The predicted molar refractivity (Wildman–Crippen MR) is 104 cm³/mol. The Morgan fingerprint density at radius 2 is 1.93 bits per heavy atom. The van der Waals surface area contributed by atoms with Crippen LogP contribution in [0.25, 0.3) is 10.9 Å². The van der Waals surface area contributed by atoms with E-state index in [0.717, 1.165) is 22.2 Å². The first kappa shape index (κ1) is 18.8. The molecule has 1 unspecified atom stereocenters. The first-order valence-electron chi connectivity index (χ1n) is 9.12. The fourth-order valence-corrected chi connectivity index (χ4v) is 2.93. The van der Waals surface area contributed by atoms with Crippen molar-refractivity contribution in [2.45, 2.75) is 25.7 Å². The van der Waals surface area contributed by atoms with Gasteiger partial charge in [-0.3, -0.25) is 9.78 Å². The molecular weight excluding hydrogens is 343 g/mol. The van der Waals surface area contributed by atoms with E-state index in [-0.39, 0.29) is 17.6 Å². The maximum Gasteiger partial charge on any atom is 0.220 e. The van der Waals surface area contributed by atoms with E-state index in [1.807, 2.05) is 37.3 Å². The molecule has 4 nitrogen and oxygen atoms in total. The molecule has 1 N–H and O–H groups in total. The lowest BCUT2D eigenvalue weighted by atomic mass is 9.97. The van der Waals surface area contributed by atoms with Crippen LogP contribution >= 0.6 is 0 Å². The summed E-state index contributed by atoms with van der Waals surface area (Å²) in [7, 11) is 0. The average Bonchev–Trinajstić information content (AvgIpc) is 2.68. The standard InChI is InChI=1S/C22H23FN2O2/c1-16(17-8-10-19(23)11-9-17)15-21(26)24-13-4-14-27-20-7-2-5-18-6-3-12-25-22(18)20/h2-3,5-12,16H,4,13-15H2,1H3,(H,24,26). The predicted octanol–water partition coefficient (Wildman–Crippen LogP) is 4.45. The van der Waals surface area contributed by atoms with Gasteiger partial charge in [0.15, 0.2) is 0 Å². The zero-order valence-corrected chi connectivity index (χ0v) is 15.3. The summed E-state index contributed by atoms with van der Waals surface area (Å²) in [5.41, 5.74) is 1.80. The minimum Gasteiger partial charge on any atom is -0.491 e. The summed E-state index contributed by atoms with van der Waals surface area (Å²) in [6, 6.07) is 16.0. The highest BCUT2D eigenvalue weighted by Crippen LogP contribution is 2.23. The highest BCUT2D eigenvalue weighted by molar-refractivity contribution is 5.84. The summed E-state index contributed by atoms with van der Waals surface area (Å²) in [4.78, 5) is 16.4. The number of rotatable bonds is 8. The zero-order chi connectivity index (χ0) is 19.1. The van der Waals surface area contributed by atoms with Crippen LogP contribution in [0.15, 0.2) is 60.8 Å². The number of aromatic nitrogens is 1. The lowest BCUT2D eigenvalue weighted by molar-refractivity contribution is -0.121. The van der Waals surface area contributed by atoms with Crippen LogP contribution in [0.2, 0.25) is 0 Å². The quantitative estimate of drug-likeness (QED) is 0.599. The third-order valence-electron chi connectivity index (χ3n) is 4.43. The summed E-state index contributed by atoms with van der Waals surface area (Å²) < 4.78 is 18.8. The topological polar surface area (TPSA) is 51.2 Å². The number of carbonyl (C=O) groups is 1. The highest BCUT2D eigenvalue weighted by Gasteiger charge is 2.11. The maximum absolute atomic E-state index is 13.0. The average molecular weight is 366 g/mol. The van der Waals surface area contributed by atoms with Gasteiger partial charge < -0.3 is 10.1 Å². The summed E-state index contributed by atoms with van der Waals surface area (Å²) in [6.07, 6.45) is 2.83.